The minimum Gasteiger partial charge on any atom is -0.292 e. The molecule has 1 aromatic carbocycles. The number of carbonyl (C=O) groups excluding carboxylic acids is 2. The van der Waals surface area contributed by atoms with E-state index in [-0.39, 0.29) is 5.91 Å². The van der Waals surface area contributed by atoms with Gasteiger partial charge in [-0.15, -0.1) is 0 Å². The first kappa shape index (κ1) is 12.1. The maximum atomic E-state index is 11.8. The van der Waals surface area contributed by atoms with Gasteiger partial charge in [0.25, 0.3) is 0 Å². The number of halogens is 1. The van der Waals surface area contributed by atoms with E-state index in [0.29, 0.717) is 18.7 Å². The number of fused-ring (bicyclic) bond motifs is 1. The molecule has 96 valence electrons. The van der Waals surface area contributed by atoms with Gasteiger partial charge in [0.2, 0.25) is 5.91 Å². The Bertz CT molecular complexity index is 687. The molecule has 19 heavy (non-hydrogen) atoms. The summed E-state index contributed by atoms with van der Waals surface area (Å²) in [4.78, 5) is 28.7. The second-order valence-corrected chi connectivity index (χ2v) is 5.20. The molecule has 0 radical (unpaired) electrons. The van der Waals surface area contributed by atoms with Crippen LogP contribution in [0.3, 0.4) is 0 Å². The van der Waals surface area contributed by atoms with Crippen molar-refractivity contribution in [1.29, 1.82) is 0 Å². The maximum absolute atomic E-state index is 11.8. The average molecular weight is 320 g/mol. The van der Waals surface area contributed by atoms with Crippen LogP contribution >= 0.6 is 15.9 Å². The number of pyridine rings is 1. The molecule has 2 aromatic rings. The van der Waals surface area contributed by atoms with Crippen LogP contribution < -0.4 is 10.2 Å². The Labute approximate surface area is 117 Å². The molecule has 0 spiro atoms. The highest BCUT2D eigenvalue weighted by molar-refractivity contribution is 9.10. The first-order chi connectivity index (χ1) is 9.13. The van der Waals surface area contributed by atoms with Crippen molar-refractivity contribution in [2.24, 2.45) is 0 Å². The Kier molecular flexibility index (Phi) is 2.94. The fourth-order valence-corrected chi connectivity index (χ4v) is 2.39. The van der Waals surface area contributed by atoms with Crippen molar-refractivity contribution in [1.82, 2.24) is 10.3 Å². The molecule has 1 aromatic heterocycles. The van der Waals surface area contributed by atoms with Gasteiger partial charge in [-0.25, -0.2) is 4.79 Å². The number of benzene rings is 1. The monoisotopic (exact) mass is 319 g/mol. The summed E-state index contributed by atoms with van der Waals surface area (Å²) in [5.74, 6) is -0.237. The first-order valence-electron chi connectivity index (χ1n) is 5.80. The van der Waals surface area contributed by atoms with Gasteiger partial charge in [-0.3, -0.25) is 20.0 Å². The smallest absolute Gasteiger partial charge is 0.292 e. The number of amides is 3. The summed E-state index contributed by atoms with van der Waals surface area (Å²) in [6.07, 6.45) is 1.95. The third kappa shape index (κ3) is 2.31. The highest BCUT2D eigenvalue weighted by Crippen LogP contribution is 2.23. The van der Waals surface area contributed by atoms with Crippen molar-refractivity contribution in [3.63, 3.8) is 0 Å². The zero-order chi connectivity index (χ0) is 13.4. The van der Waals surface area contributed by atoms with Gasteiger partial charge < -0.3 is 0 Å². The lowest BCUT2D eigenvalue weighted by molar-refractivity contribution is -0.120. The van der Waals surface area contributed by atoms with E-state index in [1.807, 2.05) is 24.3 Å². The lowest BCUT2D eigenvalue weighted by atomic mass is 10.2. The number of aromatic nitrogens is 1. The SMILES string of the molecule is O=C1CCN(c2cnc3cc(Br)ccc3c2)C(=O)N1. The zero-order valence-electron chi connectivity index (χ0n) is 9.89. The Morgan fingerprint density at radius 3 is 2.89 bits per heavy atom. The zero-order valence-corrected chi connectivity index (χ0v) is 11.5. The molecule has 0 unspecified atom stereocenters. The van der Waals surface area contributed by atoms with E-state index in [0.717, 1.165) is 15.4 Å². The number of nitrogens with one attached hydrogen (secondary N) is 1. The van der Waals surface area contributed by atoms with E-state index >= 15 is 0 Å². The van der Waals surface area contributed by atoms with E-state index in [9.17, 15) is 9.59 Å². The summed E-state index contributed by atoms with van der Waals surface area (Å²) in [6.45, 7) is 0.383. The van der Waals surface area contributed by atoms with Gasteiger partial charge in [0.15, 0.2) is 0 Å². The molecule has 5 nitrogen and oxygen atoms in total. The summed E-state index contributed by atoms with van der Waals surface area (Å²) in [7, 11) is 0. The predicted molar refractivity (Wildman–Crippen MR) is 74.9 cm³/mol. The largest absolute Gasteiger partial charge is 0.328 e. The highest BCUT2D eigenvalue weighted by atomic mass is 79.9. The molecule has 3 rings (SSSR count). The van der Waals surface area contributed by atoms with Crippen LogP contribution in [0, 0.1) is 0 Å². The van der Waals surface area contributed by atoms with Gasteiger partial charge in [0, 0.05) is 22.8 Å². The normalized spacial score (nSPS) is 15.7. The minimum atomic E-state index is -0.394. The average Bonchev–Trinajstić information content (AvgIpc) is 2.38. The molecule has 0 bridgehead atoms. The van der Waals surface area contributed by atoms with Crippen LogP contribution in [0.1, 0.15) is 6.42 Å². The van der Waals surface area contributed by atoms with Crippen molar-refractivity contribution < 1.29 is 9.59 Å². The van der Waals surface area contributed by atoms with Crippen LogP contribution in [-0.4, -0.2) is 23.5 Å². The number of hydrogen-bond donors (Lipinski definition) is 1. The van der Waals surface area contributed by atoms with E-state index < -0.39 is 6.03 Å². The van der Waals surface area contributed by atoms with E-state index in [1.54, 1.807) is 6.20 Å². The van der Waals surface area contributed by atoms with Crippen LogP contribution in [0.2, 0.25) is 0 Å². The van der Waals surface area contributed by atoms with Crippen LogP contribution in [0.25, 0.3) is 10.9 Å². The van der Waals surface area contributed by atoms with Gasteiger partial charge in [0.1, 0.15) is 0 Å². The Balaban J connectivity index is 1.99. The summed E-state index contributed by atoms with van der Waals surface area (Å²) in [5, 5.41) is 3.25. The molecule has 6 heteroatoms. The maximum Gasteiger partial charge on any atom is 0.328 e. The van der Waals surface area contributed by atoms with Crippen LogP contribution in [0.5, 0.6) is 0 Å². The standard InChI is InChI=1S/C13H10BrN3O2/c14-9-2-1-8-5-10(7-15-11(8)6-9)17-4-3-12(18)16-13(17)19/h1-2,5-7H,3-4H2,(H,16,18,19). The quantitative estimate of drug-likeness (QED) is 0.878. The molecular formula is C13H10BrN3O2. The van der Waals surface area contributed by atoms with Crippen LogP contribution in [0.4, 0.5) is 10.5 Å². The number of hydrogen-bond acceptors (Lipinski definition) is 3. The lowest BCUT2D eigenvalue weighted by Gasteiger charge is -2.26. The lowest BCUT2D eigenvalue weighted by Crippen LogP contribution is -2.49. The fraction of sp³-hybridized carbons (Fsp3) is 0.154. The molecule has 1 fully saturated rings. The molecule has 2 heterocycles. The molecular weight excluding hydrogens is 310 g/mol. The van der Waals surface area contributed by atoms with Gasteiger partial charge in [-0.05, 0) is 18.2 Å². The van der Waals surface area contributed by atoms with E-state index in [2.05, 4.69) is 26.2 Å². The molecule has 1 saturated heterocycles. The molecule has 1 aliphatic heterocycles. The fourth-order valence-electron chi connectivity index (χ4n) is 2.04. The van der Waals surface area contributed by atoms with Crippen LogP contribution in [0.15, 0.2) is 34.9 Å². The van der Waals surface area contributed by atoms with E-state index in [4.69, 9.17) is 0 Å². The second-order valence-electron chi connectivity index (χ2n) is 4.29. The summed E-state index contributed by atoms with van der Waals surface area (Å²) in [5.41, 5.74) is 1.55. The van der Waals surface area contributed by atoms with Crippen molar-refractivity contribution in [2.75, 3.05) is 11.4 Å². The van der Waals surface area contributed by atoms with Crippen molar-refractivity contribution in [3.8, 4) is 0 Å². The summed E-state index contributed by atoms with van der Waals surface area (Å²) < 4.78 is 0.960. The highest BCUT2D eigenvalue weighted by Gasteiger charge is 2.24. The Morgan fingerprint density at radius 2 is 2.11 bits per heavy atom. The minimum absolute atomic E-state index is 0.237. The second kappa shape index (κ2) is 4.62. The summed E-state index contributed by atoms with van der Waals surface area (Å²) >= 11 is 3.39. The molecule has 1 N–H and O–H groups in total. The summed E-state index contributed by atoms with van der Waals surface area (Å²) in [6, 6.07) is 7.27. The number of carbonyl (C=O) groups is 2. The van der Waals surface area contributed by atoms with E-state index in [1.165, 1.54) is 4.90 Å². The van der Waals surface area contributed by atoms with Gasteiger partial charge in [0.05, 0.1) is 17.4 Å². The Morgan fingerprint density at radius 1 is 1.26 bits per heavy atom. The third-order valence-corrected chi connectivity index (χ3v) is 3.49. The number of imide groups is 1. The van der Waals surface area contributed by atoms with Crippen molar-refractivity contribution >= 4 is 44.5 Å². The number of anilines is 1. The van der Waals surface area contributed by atoms with Crippen molar-refractivity contribution in [2.45, 2.75) is 6.42 Å². The van der Waals surface area contributed by atoms with Crippen LogP contribution in [-0.2, 0) is 4.79 Å². The molecule has 3 amide bonds. The molecule has 0 aliphatic carbocycles. The van der Waals surface area contributed by atoms with Gasteiger partial charge in [-0.1, -0.05) is 22.0 Å². The van der Waals surface area contributed by atoms with Gasteiger partial charge >= 0.3 is 6.03 Å². The predicted octanol–water partition coefficient (Wildman–Crippen LogP) is 2.44. The number of nitrogens with zero attached hydrogens (tertiary/aromatic N) is 2. The first-order valence-corrected chi connectivity index (χ1v) is 6.59. The topological polar surface area (TPSA) is 62.3 Å². The van der Waals surface area contributed by atoms with Gasteiger partial charge in [-0.2, -0.15) is 0 Å². The molecule has 0 saturated carbocycles. The van der Waals surface area contributed by atoms with Crippen molar-refractivity contribution in [3.05, 3.63) is 34.9 Å². The Hall–Kier alpha value is -1.95. The third-order valence-electron chi connectivity index (χ3n) is 3.00. The molecule has 0 atom stereocenters. The molecule has 1 aliphatic rings. The number of rotatable bonds is 1. The number of urea groups is 1.